The molecule has 2 saturated heterocycles. The first-order valence-electron chi connectivity index (χ1n) is 9.40. The predicted molar refractivity (Wildman–Crippen MR) is 93.6 cm³/mol. The fraction of sp³-hybridized carbons (Fsp3) is 0.700. The van der Waals surface area contributed by atoms with Crippen LogP contribution in [-0.2, 0) is 0 Å². The van der Waals surface area contributed by atoms with Crippen molar-refractivity contribution in [2.24, 2.45) is 5.41 Å². The molecule has 0 amide bonds. The topological polar surface area (TPSA) is 26.7 Å². The number of rotatable bonds is 4. The first-order valence-corrected chi connectivity index (χ1v) is 9.40. The normalized spacial score (nSPS) is 29.0. The van der Waals surface area contributed by atoms with E-state index < -0.39 is 0 Å². The second-order valence-corrected chi connectivity index (χ2v) is 8.04. The standard InChI is InChI=1S/C20H30N2O/c23-13-12-21-10-8-20(9-11-21)14-18(17-4-2-1-3-5-17)15-22(16-20)19-6-7-19/h1-5,18-19,23H,6-16H2/t18-/m1/s1. The molecule has 1 aromatic carbocycles. The van der Waals surface area contributed by atoms with Crippen LogP contribution in [0.2, 0.25) is 0 Å². The van der Waals surface area contributed by atoms with Crippen molar-refractivity contribution < 1.29 is 5.11 Å². The molecule has 1 spiro atoms. The number of benzene rings is 1. The molecule has 0 radical (unpaired) electrons. The van der Waals surface area contributed by atoms with E-state index >= 15 is 0 Å². The summed E-state index contributed by atoms with van der Waals surface area (Å²) < 4.78 is 0. The van der Waals surface area contributed by atoms with Crippen molar-refractivity contribution in [1.82, 2.24) is 9.80 Å². The zero-order valence-electron chi connectivity index (χ0n) is 14.2. The lowest BCUT2D eigenvalue weighted by molar-refractivity contribution is 0.00692. The van der Waals surface area contributed by atoms with Crippen LogP contribution in [0.25, 0.3) is 0 Å². The van der Waals surface area contributed by atoms with Crippen LogP contribution in [0.5, 0.6) is 0 Å². The zero-order valence-corrected chi connectivity index (χ0v) is 14.2. The van der Waals surface area contributed by atoms with Gasteiger partial charge in [0.25, 0.3) is 0 Å². The fourth-order valence-electron chi connectivity index (χ4n) is 4.85. The van der Waals surface area contributed by atoms with E-state index in [9.17, 15) is 5.11 Å². The summed E-state index contributed by atoms with van der Waals surface area (Å²) in [4.78, 5) is 5.25. The third-order valence-corrected chi connectivity index (χ3v) is 6.34. The maximum atomic E-state index is 9.18. The highest BCUT2D eigenvalue weighted by Gasteiger charge is 2.45. The number of β-amino-alcohol motifs (C(OH)–C–C–N with tert-alkyl or cyclic N) is 1. The second-order valence-electron chi connectivity index (χ2n) is 8.04. The van der Waals surface area contributed by atoms with Crippen molar-refractivity contribution in [2.75, 3.05) is 39.3 Å². The molecule has 126 valence electrons. The Morgan fingerprint density at radius 2 is 1.83 bits per heavy atom. The lowest BCUT2D eigenvalue weighted by atomic mass is 9.68. The van der Waals surface area contributed by atoms with Gasteiger partial charge >= 0.3 is 0 Å². The molecule has 1 aromatic rings. The van der Waals surface area contributed by atoms with Crippen molar-refractivity contribution in [3.05, 3.63) is 35.9 Å². The van der Waals surface area contributed by atoms with E-state index in [0.717, 1.165) is 12.6 Å². The lowest BCUT2D eigenvalue weighted by Crippen LogP contribution is -2.52. The van der Waals surface area contributed by atoms with Crippen molar-refractivity contribution in [3.8, 4) is 0 Å². The summed E-state index contributed by atoms with van der Waals surface area (Å²) in [7, 11) is 0. The Kier molecular flexibility index (Phi) is 4.44. The summed E-state index contributed by atoms with van der Waals surface area (Å²) in [5.74, 6) is 0.704. The molecular formula is C20H30N2O. The van der Waals surface area contributed by atoms with Crippen LogP contribution in [-0.4, -0.2) is 60.3 Å². The van der Waals surface area contributed by atoms with Crippen LogP contribution in [0.15, 0.2) is 30.3 Å². The Morgan fingerprint density at radius 1 is 1.09 bits per heavy atom. The predicted octanol–water partition coefficient (Wildman–Crippen LogP) is 2.71. The van der Waals surface area contributed by atoms with E-state index in [1.165, 1.54) is 63.8 Å². The molecule has 3 heteroatoms. The largest absolute Gasteiger partial charge is 0.395 e. The molecule has 0 unspecified atom stereocenters. The average Bonchev–Trinajstić information content (AvgIpc) is 3.43. The molecule has 3 aliphatic rings. The van der Waals surface area contributed by atoms with Gasteiger partial charge in [-0.3, -0.25) is 4.90 Å². The molecular weight excluding hydrogens is 284 g/mol. The third kappa shape index (κ3) is 3.47. The lowest BCUT2D eigenvalue weighted by Gasteiger charge is -2.50. The van der Waals surface area contributed by atoms with Gasteiger partial charge in [0, 0.05) is 25.7 Å². The van der Waals surface area contributed by atoms with Crippen LogP contribution < -0.4 is 0 Å². The zero-order chi connectivity index (χ0) is 15.7. The van der Waals surface area contributed by atoms with Gasteiger partial charge in [-0.15, -0.1) is 0 Å². The molecule has 1 saturated carbocycles. The number of piperidine rings is 2. The first kappa shape index (κ1) is 15.6. The molecule has 4 rings (SSSR count). The number of likely N-dealkylation sites (tertiary alicyclic amines) is 2. The highest BCUT2D eigenvalue weighted by Crippen LogP contribution is 2.47. The van der Waals surface area contributed by atoms with Crippen LogP contribution >= 0.6 is 0 Å². The Balaban J connectivity index is 1.50. The fourth-order valence-corrected chi connectivity index (χ4v) is 4.85. The average molecular weight is 314 g/mol. The Morgan fingerprint density at radius 3 is 2.48 bits per heavy atom. The van der Waals surface area contributed by atoms with E-state index in [1.54, 1.807) is 0 Å². The third-order valence-electron chi connectivity index (χ3n) is 6.34. The molecule has 2 aliphatic heterocycles. The Labute approximate surface area is 140 Å². The van der Waals surface area contributed by atoms with E-state index in [4.69, 9.17) is 0 Å². The van der Waals surface area contributed by atoms with E-state index in [1.807, 2.05) is 0 Å². The minimum absolute atomic E-state index is 0.299. The van der Waals surface area contributed by atoms with Crippen LogP contribution in [0, 0.1) is 5.41 Å². The van der Waals surface area contributed by atoms with E-state index in [-0.39, 0.29) is 0 Å². The molecule has 0 aromatic heterocycles. The summed E-state index contributed by atoms with van der Waals surface area (Å²) in [6.07, 6.45) is 6.79. The second kappa shape index (κ2) is 6.54. The van der Waals surface area contributed by atoms with Gasteiger partial charge in [0.2, 0.25) is 0 Å². The van der Waals surface area contributed by atoms with Crippen molar-refractivity contribution in [1.29, 1.82) is 0 Å². The smallest absolute Gasteiger partial charge is 0.0558 e. The summed E-state index contributed by atoms with van der Waals surface area (Å²) in [5.41, 5.74) is 2.04. The number of aliphatic hydroxyl groups excluding tert-OH is 1. The van der Waals surface area contributed by atoms with Gasteiger partial charge in [-0.25, -0.2) is 0 Å². The quantitative estimate of drug-likeness (QED) is 0.926. The van der Waals surface area contributed by atoms with Crippen LogP contribution in [0.3, 0.4) is 0 Å². The highest BCUT2D eigenvalue weighted by molar-refractivity contribution is 5.22. The summed E-state index contributed by atoms with van der Waals surface area (Å²) >= 11 is 0. The van der Waals surface area contributed by atoms with Gasteiger partial charge in [0.05, 0.1) is 6.61 Å². The van der Waals surface area contributed by atoms with Gasteiger partial charge in [-0.05, 0) is 62.1 Å². The number of nitrogens with zero attached hydrogens (tertiary/aromatic N) is 2. The van der Waals surface area contributed by atoms with E-state index in [2.05, 4.69) is 40.1 Å². The van der Waals surface area contributed by atoms with Gasteiger partial charge in [-0.1, -0.05) is 30.3 Å². The molecule has 1 N–H and O–H groups in total. The van der Waals surface area contributed by atoms with Gasteiger partial charge in [0.1, 0.15) is 0 Å². The minimum atomic E-state index is 0.299. The molecule has 23 heavy (non-hydrogen) atoms. The van der Waals surface area contributed by atoms with Gasteiger partial charge in [-0.2, -0.15) is 0 Å². The van der Waals surface area contributed by atoms with Gasteiger partial charge < -0.3 is 10.0 Å². The molecule has 3 nitrogen and oxygen atoms in total. The Bertz CT molecular complexity index is 506. The molecule has 3 fully saturated rings. The molecule has 1 atom stereocenters. The summed E-state index contributed by atoms with van der Waals surface area (Å²) in [6.45, 7) is 6.06. The first-order chi connectivity index (χ1) is 11.3. The van der Waals surface area contributed by atoms with Crippen molar-refractivity contribution in [3.63, 3.8) is 0 Å². The van der Waals surface area contributed by atoms with Crippen LogP contribution in [0.1, 0.15) is 43.6 Å². The van der Waals surface area contributed by atoms with E-state index in [0.29, 0.717) is 17.9 Å². The van der Waals surface area contributed by atoms with Crippen LogP contribution in [0.4, 0.5) is 0 Å². The number of hydrogen-bond acceptors (Lipinski definition) is 3. The molecule has 2 heterocycles. The highest BCUT2D eigenvalue weighted by atomic mass is 16.3. The van der Waals surface area contributed by atoms with Crippen molar-refractivity contribution in [2.45, 2.75) is 44.1 Å². The minimum Gasteiger partial charge on any atom is -0.395 e. The number of aliphatic hydroxyl groups is 1. The SMILES string of the molecule is OCCN1CCC2(CC1)C[C@@H](c1ccccc1)CN(C1CC1)C2. The summed E-state index contributed by atoms with van der Waals surface area (Å²) in [6, 6.07) is 12.1. The van der Waals surface area contributed by atoms with Crippen molar-refractivity contribution >= 4 is 0 Å². The maximum Gasteiger partial charge on any atom is 0.0558 e. The monoisotopic (exact) mass is 314 g/mol. The maximum absolute atomic E-state index is 9.18. The molecule has 1 aliphatic carbocycles. The Hall–Kier alpha value is -0.900. The summed E-state index contributed by atoms with van der Waals surface area (Å²) in [5, 5.41) is 9.18. The number of hydrogen-bond donors (Lipinski definition) is 1. The van der Waals surface area contributed by atoms with Gasteiger partial charge in [0.15, 0.2) is 0 Å². The molecule has 0 bridgehead atoms.